The van der Waals surface area contributed by atoms with Gasteiger partial charge in [-0.3, -0.25) is 4.79 Å². The van der Waals surface area contributed by atoms with E-state index < -0.39 is 11.8 Å². The molecule has 0 fully saturated rings. The maximum atomic E-state index is 13.4. The van der Waals surface area contributed by atoms with Crippen molar-refractivity contribution in [2.45, 2.75) is 63.2 Å². The zero-order chi connectivity index (χ0) is 24.3. The van der Waals surface area contributed by atoms with Crippen LogP contribution in [0.15, 0.2) is 63.7 Å². The lowest BCUT2D eigenvalue weighted by Gasteiger charge is -2.27. The molecular formula is C26H28ClF2N3O2. The van der Waals surface area contributed by atoms with Gasteiger partial charge < -0.3 is 9.84 Å². The van der Waals surface area contributed by atoms with Crippen LogP contribution in [-0.4, -0.2) is 27.5 Å². The molecule has 1 atom stereocenters. The van der Waals surface area contributed by atoms with E-state index in [9.17, 15) is 13.6 Å². The van der Waals surface area contributed by atoms with E-state index in [1.165, 1.54) is 28.9 Å². The smallest absolute Gasteiger partial charge is 0.292 e. The van der Waals surface area contributed by atoms with Gasteiger partial charge in [0, 0.05) is 19.0 Å². The number of rotatable bonds is 7. The van der Waals surface area contributed by atoms with Crippen LogP contribution >= 0.6 is 11.6 Å². The molecule has 2 aliphatic rings. The Morgan fingerprint density at radius 1 is 1.29 bits per heavy atom. The summed E-state index contributed by atoms with van der Waals surface area (Å²) in [7, 11) is 0. The van der Waals surface area contributed by atoms with Crippen molar-refractivity contribution in [2.75, 3.05) is 6.54 Å². The molecule has 0 saturated heterocycles. The Hall–Kier alpha value is -2.80. The van der Waals surface area contributed by atoms with E-state index in [4.69, 9.17) is 16.1 Å². The largest absolute Gasteiger partial charge is 0.349 e. The molecule has 1 amide bonds. The van der Waals surface area contributed by atoms with E-state index in [1.54, 1.807) is 12.1 Å². The quantitative estimate of drug-likeness (QED) is 0.468. The predicted molar refractivity (Wildman–Crippen MR) is 127 cm³/mol. The van der Waals surface area contributed by atoms with Gasteiger partial charge in [0.2, 0.25) is 5.89 Å². The Balaban J connectivity index is 1.33. The first-order chi connectivity index (χ1) is 16.1. The van der Waals surface area contributed by atoms with E-state index >= 15 is 0 Å². The first kappa shape index (κ1) is 24.3. The van der Waals surface area contributed by atoms with Gasteiger partial charge >= 0.3 is 0 Å². The molecule has 0 saturated carbocycles. The highest BCUT2D eigenvalue weighted by Gasteiger charge is 2.27. The Morgan fingerprint density at radius 2 is 2.06 bits per heavy atom. The Bertz CT molecular complexity index is 1140. The van der Waals surface area contributed by atoms with E-state index in [0.717, 1.165) is 38.2 Å². The second-order valence-electron chi connectivity index (χ2n) is 9.19. The van der Waals surface area contributed by atoms with Gasteiger partial charge in [-0.2, -0.15) is 4.98 Å². The van der Waals surface area contributed by atoms with Crippen LogP contribution in [0.4, 0.5) is 8.78 Å². The van der Waals surface area contributed by atoms with Gasteiger partial charge in [-0.1, -0.05) is 47.7 Å². The SMILES string of the molecule is CC1(Cl)C=CC2=C(C1)C(CCNC(=O)c1noc(Cc3ccc(C(C)(F)F)cc3)n1)=CCCC2. The van der Waals surface area contributed by atoms with Crippen LogP contribution in [0.3, 0.4) is 0 Å². The molecule has 34 heavy (non-hydrogen) atoms. The van der Waals surface area contributed by atoms with Crippen molar-refractivity contribution in [3.05, 3.63) is 82.1 Å². The van der Waals surface area contributed by atoms with Crippen LogP contribution in [0.2, 0.25) is 0 Å². The molecule has 0 bridgehead atoms. The minimum Gasteiger partial charge on any atom is -0.349 e. The zero-order valence-corrected chi connectivity index (χ0v) is 20.1. The summed E-state index contributed by atoms with van der Waals surface area (Å²) in [5.41, 5.74) is 4.54. The number of aromatic nitrogens is 2. The Kier molecular flexibility index (Phi) is 7.03. The van der Waals surface area contributed by atoms with Crippen LogP contribution in [0.5, 0.6) is 0 Å². The summed E-state index contributed by atoms with van der Waals surface area (Å²) in [6.45, 7) is 3.31. The number of carbonyl (C=O) groups excluding carboxylic acids is 1. The second-order valence-corrected chi connectivity index (χ2v) is 10.1. The lowest BCUT2D eigenvalue weighted by atomic mass is 9.84. The van der Waals surface area contributed by atoms with Gasteiger partial charge in [0.1, 0.15) is 0 Å². The molecule has 1 aromatic heterocycles. The molecular weight excluding hydrogens is 460 g/mol. The molecule has 0 spiro atoms. The third kappa shape index (κ3) is 6.00. The van der Waals surface area contributed by atoms with Gasteiger partial charge in [0.15, 0.2) is 0 Å². The van der Waals surface area contributed by atoms with Crippen LogP contribution in [-0.2, 0) is 12.3 Å². The number of alkyl halides is 3. The molecule has 1 aromatic carbocycles. The molecule has 1 N–H and O–H groups in total. The van der Waals surface area contributed by atoms with Crippen LogP contribution in [0, 0.1) is 0 Å². The van der Waals surface area contributed by atoms with Crippen molar-refractivity contribution in [1.29, 1.82) is 0 Å². The zero-order valence-electron chi connectivity index (χ0n) is 19.3. The van der Waals surface area contributed by atoms with Gasteiger partial charge in [-0.05, 0) is 61.3 Å². The fraction of sp³-hybridized carbons (Fsp3) is 0.423. The van der Waals surface area contributed by atoms with Crippen molar-refractivity contribution >= 4 is 17.5 Å². The minimum atomic E-state index is -2.89. The summed E-state index contributed by atoms with van der Waals surface area (Å²) < 4.78 is 31.9. The van der Waals surface area contributed by atoms with Crippen molar-refractivity contribution < 1.29 is 18.1 Å². The van der Waals surface area contributed by atoms with E-state index in [2.05, 4.69) is 33.7 Å². The number of nitrogens with zero attached hydrogens (tertiary/aromatic N) is 2. The number of hydrogen-bond acceptors (Lipinski definition) is 4. The van der Waals surface area contributed by atoms with Gasteiger partial charge in [-0.15, -0.1) is 11.6 Å². The first-order valence-electron chi connectivity index (χ1n) is 11.5. The van der Waals surface area contributed by atoms with Crippen LogP contribution in [0.25, 0.3) is 0 Å². The molecule has 8 heteroatoms. The van der Waals surface area contributed by atoms with Gasteiger partial charge in [0.25, 0.3) is 17.7 Å². The van der Waals surface area contributed by atoms with Crippen molar-refractivity contribution in [2.24, 2.45) is 0 Å². The molecule has 1 heterocycles. The van der Waals surface area contributed by atoms with Gasteiger partial charge in [0.05, 0.1) is 11.3 Å². The molecule has 1 unspecified atom stereocenters. The fourth-order valence-corrected chi connectivity index (χ4v) is 4.49. The van der Waals surface area contributed by atoms with E-state index in [1.807, 2.05) is 6.92 Å². The Labute approximate surface area is 203 Å². The minimum absolute atomic E-state index is 0.0459. The molecule has 4 rings (SSSR count). The lowest BCUT2D eigenvalue weighted by Crippen LogP contribution is -2.26. The second kappa shape index (κ2) is 9.82. The first-order valence-corrected chi connectivity index (χ1v) is 11.9. The van der Waals surface area contributed by atoms with E-state index in [0.29, 0.717) is 13.0 Å². The Morgan fingerprint density at radius 3 is 2.79 bits per heavy atom. The summed E-state index contributed by atoms with van der Waals surface area (Å²) in [6.07, 6.45) is 11.4. The van der Waals surface area contributed by atoms with Crippen LogP contribution < -0.4 is 5.32 Å². The summed E-state index contributed by atoms with van der Waals surface area (Å²) >= 11 is 6.58. The highest BCUT2D eigenvalue weighted by Crippen LogP contribution is 2.39. The summed E-state index contributed by atoms with van der Waals surface area (Å²) in [4.78, 5) is 16.3. The van der Waals surface area contributed by atoms with Gasteiger partial charge in [-0.25, -0.2) is 8.78 Å². The average Bonchev–Trinajstić information content (AvgIpc) is 3.15. The van der Waals surface area contributed by atoms with Crippen molar-refractivity contribution in [3.63, 3.8) is 0 Å². The molecule has 5 nitrogen and oxygen atoms in total. The normalized spacial score (nSPS) is 20.6. The molecule has 0 aliphatic heterocycles. The van der Waals surface area contributed by atoms with Crippen molar-refractivity contribution in [3.8, 4) is 0 Å². The maximum absolute atomic E-state index is 13.4. The molecule has 2 aromatic rings. The average molecular weight is 488 g/mol. The standard InChI is InChI=1S/C26H28ClF2N3O2/c1-25(27)13-11-18-5-3-4-6-19(21(18)16-25)12-14-30-24(33)23-31-22(34-32-23)15-17-7-9-20(10-8-17)26(2,28)29/h6-11,13H,3-5,12,14-16H2,1-2H3,(H,30,33). The number of halogens is 3. The summed E-state index contributed by atoms with van der Waals surface area (Å²) in [6, 6.07) is 5.92. The summed E-state index contributed by atoms with van der Waals surface area (Å²) in [5, 5.41) is 6.63. The van der Waals surface area contributed by atoms with E-state index in [-0.39, 0.29) is 28.6 Å². The lowest BCUT2D eigenvalue weighted by molar-refractivity contribution is 0.0174. The number of allylic oxidation sites excluding steroid dienone is 5. The van der Waals surface area contributed by atoms with Crippen molar-refractivity contribution in [1.82, 2.24) is 15.5 Å². The number of benzene rings is 1. The molecule has 180 valence electrons. The third-order valence-electron chi connectivity index (χ3n) is 6.14. The summed E-state index contributed by atoms with van der Waals surface area (Å²) in [5.74, 6) is -3.10. The maximum Gasteiger partial charge on any atom is 0.292 e. The molecule has 2 aliphatic carbocycles. The fourth-order valence-electron chi connectivity index (χ4n) is 4.29. The third-order valence-corrected chi connectivity index (χ3v) is 6.40. The highest BCUT2D eigenvalue weighted by atomic mass is 35.5. The topological polar surface area (TPSA) is 68.0 Å². The number of hydrogen-bond donors (Lipinski definition) is 1. The number of carbonyl (C=O) groups is 1. The van der Waals surface area contributed by atoms with Crippen LogP contribution in [0.1, 0.15) is 73.6 Å². The monoisotopic (exact) mass is 487 g/mol. The molecule has 0 radical (unpaired) electrons. The highest BCUT2D eigenvalue weighted by molar-refractivity contribution is 6.25. The predicted octanol–water partition coefficient (Wildman–Crippen LogP) is 6.26. The number of amides is 1. The number of nitrogens with one attached hydrogen (secondary N) is 1.